The van der Waals surface area contributed by atoms with E-state index in [0.29, 0.717) is 19.6 Å². The average Bonchev–Trinajstić information content (AvgIpc) is 2.37. The third kappa shape index (κ3) is 4.28. The van der Waals surface area contributed by atoms with Gasteiger partial charge in [0.25, 0.3) is 0 Å². The maximum absolute atomic E-state index is 11.9. The van der Waals surface area contributed by atoms with Crippen molar-refractivity contribution in [2.45, 2.75) is 39.3 Å². The van der Waals surface area contributed by atoms with E-state index in [4.69, 9.17) is 0 Å². The number of aromatic nitrogens is 1. The molecule has 5 heteroatoms. The molecule has 1 amide bonds. The number of aliphatic hydroxyl groups is 1. The third-order valence-electron chi connectivity index (χ3n) is 3.68. The second kappa shape index (κ2) is 6.81. The van der Waals surface area contributed by atoms with Crippen LogP contribution in [0.2, 0.25) is 0 Å². The third-order valence-corrected chi connectivity index (χ3v) is 3.68. The number of hydrogen-bond acceptors (Lipinski definition) is 4. The maximum atomic E-state index is 11.9. The highest BCUT2D eigenvalue weighted by Crippen LogP contribution is 2.10. The molecule has 1 saturated heterocycles. The monoisotopic (exact) mass is 277 g/mol. The van der Waals surface area contributed by atoms with Crippen LogP contribution in [0.25, 0.3) is 0 Å². The normalized spacial score (nSPS) is 19.9. The number of nitrogens with one attached hydrogen (secondary N) is 1. The van der Waals surface area contributed by atoms with Gasteiger partial charge in [0.2, 0.25) is 5.91 Å². The van der Waals surface area contributed by atoms with Gasteiger partial charge in [-0.25, -0.2) is 0 Å². The lowest BCUT2D eigenvalue weighted by Crippen LogP contribution is -2.44. The first-order chi connectivity index (χ1) is 9.54. The molecular formula is C15H23N3O2. The van der Waals surface area contributed by atoms with E-state index >= 15 is 0 Å². The zero-order valence-electron chi connectivity index (χ0n) is 12.2. The number of pyridine rings is 1. The van der Waals surface area contributed by atoms with Crippen LogP contribution in [0, 0.1) is 13.8 Å². The van der Waals surface area contributed by atoms with E-state index in [9.17, 15) is 9.90 Å². The molecule has 2 heterocycles. The van der Waals surface area contributed by atoms with Gasteiger partial charge in [0, 0.05) is 25.0 Å². The minimum atomic E-state index is -0.292. The zero-order valence-corrected chi connectivity index (χ0v) is 12.2. The summed E-state index contributed by atoms with van der Waals surface area (Å²) in [4.78, 5) is 18.2. The van der Waals surface area contributed by atoms with Crippen LogP contribution in [0.1, 0.15) is 29.7 Å². The molecule has 20 heavy (non-hydrogen) atoms. The van der Waals surface area contributed by atoms with Gasteiger partial charge < -0.3 is 10.4 Å². The number of aryl methyl sites for hydroxylation is 2. The number of carbonyl (C=O) groups is 1. The maximum Gasteiger partial charge on any atom is 0.234 e. The van der Waals surface area contributed by atoms with Crippen LogP contribution in [0.4, 0.5) is 0 Å². The number of likely N-dealkylation sites (tertiary alicyclic amines) is 1. The lowest BCUT2D eigenvalue weighted by molar-refractivity contribution is -0.123. The van der Waals surface area contributed by atoms with Gasteiger partial charge in [-0.05, 0) is 50.4 Å². The largest absolute Gasteiger partial charge is 0.392 e. The Morgan fingerprint density at radius 2 is 2.35 bits per heavy atom. The lowest BCUT2D eigenvalue weighted by atomic mass is 10.1. The Morgan fingerprint density at radius 3 is 3.05 bits per heavy atom. The van der Waals surface area contributed by atoms with Crippen LogP contribution in [0.15, 0.2) is 12.3 Å². The summed E-state index contributed by atoms with van der Waals surface area (Å²) in [5, 5.41) is 12.5. The minimum Gasteiger partial charge on any atom is -0.392 e. The van der Waals surface area contributed by atoms with E-state index in [2.05, 4.69) is 10.3 Å². The summed E-state index contributed by atoms with van der Waals surface area (Å²) in [7, 11) is 0. The van der Waals surface area contributed by atoms with E-state index in [1.807, 2.05) is 31.0 Å². The van der Waals surface area contributed by atoms with E-state index in [1.165, 1.54) is 0 Å². The Labute approximate surface area is 120 Å². The first-order valence-corrected chi connectivity index (χ1v) is 7.14. The van der Waals surface area contributed by atoms with Crippen molar-refractivity contribution in [2.24, 2.45) is 0 Å². The van der Waals surface area contributed by atoms with Gasteiger partial charge in [0.05, 0.1) is 12.6 Å². The first kappa shape index (κ1) is 14.9. The number of amides is 1. The number of nitrogens with zero attached hydrogens (tertiary/aromatic N) is 2. The number of carbonyl (C=O) groups excluding carboxylic acids is 1. The summed E-state index contributed by atoms with van der Waals surface area (Å²) in [5.74, 6) is -0.000856. The molecule has 0 spiro atoms. The molecule has 0 aromatic carbocycles. The molecule has 2 rings (SSSR count). The molecule has 1 atom stereocenters. The molecule has 0 saturated carbocycles. The van der Waals surface area contributed by atoms with Crippen molar-refractivity contribution in [2.75, 3.05) is 19.6 Å². The summed E-state index contributed by atoms with van der Waals surface area (Å²) >= 11 is 0. The van der Waals surface area contributed by atoms with Crippen LogP contribution >= 0.6 is 0 Å². The van der Waals surface area contributed by atoms with E-state index in [1.54, 1.807) is 0 Å². The Balaban J connectivity index is 1.80. The molecule has 1 aromatic heterocycles. The number of hydrogen-bond donors (Lipinski definition) is 2. The number of piperidine rings is 1. The summed E-state index contributed by atoms with van der Waals surface area (Å²) < 4.78 is 0. The molecule has 1 unspecified atom stereocenters. The fourth-order valence-corrected chi connectivity index (χ4v) is 2.54. The van der Waals surface area contributed by atoms with Crippen molar-refractivity contribution in [3.05, 3.63) is 29.1 Å². The Kier molecular flexibility index (Phi) is 5.09. The van der Waals surface area contributed by atoms with Gasteiger partial charge in [-0.15, -0.1) is 0 Å². The smallest absolute Gasteiger partial charge is 0.234 e. The van der Waals surface area contributed by atoms with Gasteiger partial charge in [0.1, 0.15) is 0 Å². The lowest BCUT2D eigenvalue weighted by Gasteiger charge is -2.29. The standard InChI is InChI=1S/C15H23N3O2/c1-11-6-12(2)16-7-13(11)8-17-15(20)10-18-5-3-4-14(19)9-18/h6-7,14,19H,3-5,8-10H2,1-2H3,(H,17,20). The fraction of sp³-hybridized carbons (Fsp3) is 0.600. The number of β-amino-alcohol motifs (C(OH)–C–C–N with tert-alkyl or cyclic N) is 1. The molecule has 1 aliphatic heterocycles. The second-order valence-electron chi connectivity index (χ2n) is 5.56. The van der Waals surface area contributed by atoms with Crippen molar-refractivity contribution in [1.82, 2.24) is 15.2 Å². The Morgan fingerprint density at radius 1 is 1.55 bits per heavy atom. The van der Waals surface area contributed by atoms with Crippen molar-refractivity contribution in [3.63, 3.8) is 0 Å². The molecular weight excluding hydrogens is 254 g/mol. The van der Waals surface area contributed by atoms with Crippen molar-refractivity contribution < 1.29 is 9.90 Å². The Bertz CT molecular complexity index is 476. The predicted octanol–water partition coefficient (Wildman–Crippen LogP) is 0.771. The highest BCUT2D eigenvalue weighted by Gasteiger charge is 2.19. The van der Waals surface area contributed by atoms with Crippen molar-refractivity contribution in [3.8, 4) is 0 Å². The summed E-state index contributed by atoms with van der Waals surface area (Å²) in [5.41, 5.74) is 3.17. The van der Waals surface area contributed by atoms with Gasteiger partial charge >= 0.3 is 0 Å². The van der Waals surface area contributed by atoms with Crippen molar-refractivity contribution >= 4 is 5.91 Å². The molecule has 2 N–H and O–H groups in total. The first-order valence-electron chi connectivity index (χ1n) is 7.14. The zero-order chi connectivity index (χ0) is 14.5. The van der Waals surface area contributed by atoms with Crippen LogP contribution in [-0.4, -0.2) is 46.6 Å². The van der Waals surface area contributed by atoms with Crippen LogP contribution < -0.4 is 5.32 Å². The quantitative estimate of drug-likeness (QED) is 0.853. The number of aliphatic hydroxyl groups excluding tert-OH is 1. The number of rotatable bonds is 4. The van der Waals surface area contributed by atoms with E-state index in [-0.39, 0.29) is 12.0 Å². The van der Waals surface area contributed by atoms with E-state index in [0.717, 1.165) is 36.2 Å². The molecule has 1 aliphatic rings. The van der Waals surface area contributed by atoms with E-state index < -0.39 is 0 Å². The van der Waals surface area contributed by atoms with Crippen molar-refractivity contribution in [1.29, 1.82) is 0 Å². The molecule has 0 radical (unpaired) electrons. The summed E-state index contributed by atoms with van der Waals surface area (Å²) in [6, 6.07) is 2.02. The summed E-state index contributed by atoms with van der Waals surface area (Å²) in [6.45, 7) is 6.33. The molecule has 0 aliphatic carbocycles. The van der Waals surface area contributed by atoms with Crippen LogP contribution in [-0.2, 0) is 11.3 Å². The predicted molar refractivity (Wildman–Crippen MR) is 77.2 cm³/mol. The molecule has 1 fully saturated rings. The second-order valence-corrected chi connectivity index (χ2v) is 5.56. The highest BCUT2D eigenvalue weighted by atomic mass is 16.3. The highest BCUT2D eigenvalue weighted by molar-refractivity contribution is 5.78. The van der Waals surface area contributed by atoms with Gasteiger partial charge in [-0.1, -0.05) is 0 Å². The topological polar surface area (TPSA) is 65.5 Å². The average molecular weight is 277 g/mol. The minimum absolute atomic E-state index is 0.000856. The van der Waals surface area contributed by atoms with Crippen LogP contribution in [0.5, 0.6) is 0 Å². The summed E-state index contributed by atoms with van der Waals surface area (Å²) in [6.07, 6.45) is 3.32. The van der Waals surface area contributed by atoms with Gasteiger partial charge in [-0.3, -0.25) is 14.7 Å². The SMILES string of the molecule is Cc1cc(C)c(CNC(=O)CN2CCCC(O)C2)cn1. The fourth-order valence-electron chi connectivity index (χ4n) is 2.54. The van der Waals surface area contributed by atoms with Gasteiger partial charge in [-0.2, -0.15) is 0 Å². The van der Waals surface area contributed by atoms with Gasteiger partial charge in [0.15, 0.2) is 0 Å². The van der Waals surface area contributed by atoms with Crippen LogP contribution in [0.3, 0.4) is 0 Å². The Hall–Kier alpha value is -1.46. The molecule has 5 nitrogen and oxygen atoms in total. The molecule has 0 bridgehead atoms. The molecule has 110 valence electrons. The molecule has 1 aromatic rings.